The van der Waals surface area contributed by atoms with E-state index >= 15 is 0 Å². The molecule has 1 aromatic rings. The second kappa shape index (κ2) is 6.44. The SMILES string of the molecule is COc1ccc(C(C)CCSC#N)c(C)c1. The molecule has 0 amide bonds. The minimum absolute atomic E-state index is 0.492. The Morgan fingerprint density at radius 1 is 1.50 bits per heavy atom. The lowest BCUT2D eigenvalue weighted by Gasteiger charge is -2.14. The molecular weight excluding hydrogens is 218 g/mol. The quantitative estimate of drug-likeness (QED) is 0.576. The Morgan fingerprint density at radius 3 is 2.81 bits per heavy atom. The summed E-state index contributed by atoms with van der Waals surface area (Å²) in [6.45, 7) is 4.30. The number of rotatable bonds is 5. The summed E-state index contributed by atoms with van der Waals surface area (Å²) >= 11 is 1.33. The summed E-state index contributed by atoms with van der Waals surface area (Å²) in [6.07, 6.45) is 1.03. The molecule has 2 nitrogen and oxygen atoms in total. The molecule has 16 heavy (non-hydrogen) atoms. The van der Waals surface area contributed by atoms with Crippen molar-refractivity contribution in [3.63, 3.8) is 0 Å². The average molecular weight is 235 g/mol. The topological polar surface area (TPSA) is 33.0 Å². The van der Waals surface area contributed by atoms with E-state index in [0.717, 1.165) is 17.9 Å². The zero-order valence-corrected chi connectivity index (χ0v) is 10.8. The van der Waals surface area contributed by atoms with E-state index < -0.39 is 0 Å². The molecular formula is C13H17NOS. The molecule has 0 radical (unpaired) electrons. The first-order valence-electron chi connectivity index (χ1n) is 5.34. The van der Waals surface area contributed by atoms with E-state index in [9.17, 15) is 0 Å². The van der Waals surface area contributed by atoms with Crippen LogP contribution < -0.4 is 4.74 Å². The normalized spacial score (nSPS) is 11.9. The Kier molecular flexibility index (Phi) is 5.21. The number of thiocyanates is 1. The summed E-state index contributed by atoms with van der Waals surface area (Å²) in [5, 5.41) is 10.6. The first kappa shape index (κ1) is 12.9. The van der Waals surface area contributed by atoms with Gasteiger partial charge in [0, 0.05) is 5.75 Å². The molecule has 1 unspecified atom stereocenters. The number of methoxy groups -OCH3 is 1. The van der Waals surface area contributed by atoms with Gasteiger partial charge in [0.15, 0.2) is 0 Å². The fraction of sp³-hybridized carbons (Fsp3) is 0.462. The van der Waals surface area contributed by atoms with Crippen LogP contribution in [-0.2, 0) is 0 Å². The van der Waals surface area contributed by atoms with E-state index in [-0.39, 0.29) is 0 Å². The monoisotopic (exact) mass is 235 g/mol. The van der Waals surface area contributed by atoms with Gasteiger partial charge in [0.05, 0.1) is 7.11 Å². The van der Waals surface area contributed by atoms with Gasteiger partial charge in [0.2, 0.25) is 0 Å². The van der Waals surface area contributed by atoms with Crippen LogP contribution >= 0.6 is 11.8 Å². The largest absolute Gasteiger partial charge is 0.497 e. The Morgan fingerprint density at radius 2 is 2.25 bits per heavy atom. The Hall–Kier alpha value is -1.14. The Bertz CT molecular complexity index is 384. The highest BCUT2D eigenvalue weighted by Gasteiger charge is 2.09. The van der Waals surface area contributed by atoms with Crippen LogP contribution in [0.25, 0.3) is 0 Å². The second-order valence-corrected chi connectivity index (χ2v) is 4.73. The van der Waals surface area contributed by atoms with Crippen LogP contribution in [0.15, 0.2) is 18.2 Å². The number of hydrogen-bond acceptors (Lipinski definition) is 3. The third kappa shape index (κ3) is 3.46. The molecule has 0 spiro atoms. The molecule has 1 rings (SSSR count). The number of nitrogens with zero attached hydrogens (tertiary/aromatic N) is 1. The third-order valence-corrected chi connectivity index (χ3v) is 3.29. The molecule has 0 aliphatic carbocycles. The van der Waals surface area contributed by atoms with Crippen LogP contribution in [0.2, 0.25) is 0 Å². The average Bonchev–Trinajstić information content (AvgIpc) is 2.29. The van der Waals surface area contributed by atoms with E-state index in [1.54, 1.807) is 7.11 Å². The van der Waals surface area contributed by atoms with Gasteiger partial charge in [-0.3, -0.25) is 0 Å². The maximum absolute atomic E-state index is 8.47. The summed E-state index contributed by atoms with van der Waals surface area (Å²) in [7, 11) is 1.68. The highest BCUT2D eigenvalue weighted by molar-refractivity contribution is 8.03. The van der Waals surface area contributed by atoms with Crippen molar-refractivity contribution in [2.45, 2.75) is 26.2 Å². The summed E-state index contributed by atoms with van der Waals surface area (Å²) in [5.41, 5.74) is 2.60. The van der Waals surface area contributed by atoms with Crippen molar-refractivity contribution in [1.29, 1.82) is 5.26 Å². The molecule has 0 aliphatic heterocycles. The molecule has 1 atom stereocenters. The van der Waals surface area contributed by atoms with Gasteiger partial charge in [-0.2, -0.15) is 5.26 Å². The van der Waals surface area contributed by atoms with Crippen molar-refractivity contribution in [3.8, 4) is 11.2 Å². The van der Waals surface area contributed by atoms with Gasteiger partial charge in [-0.25, -0.2) is 0 Å². The predicted octanol–water partition coefficient (Wildman–Crippen LogP) is 3.71. The van der Waals surface area contributed by atoms with Crippen LogP contribution in [0, 0.1) is 17.6 Å². The summed E-state index contributed by atoms with van der Waals surface area (Å²) < 4.78 is 5.18. The van der Waals surface area contributed by atoms with Crippen LogP contribution in [0.5, 0.6) is 5.75 Å². The van der Waals surface area contributed by atoms with Crippen molar-refractivity contribution < 1.29 is 4.74 Å². The van der Waals surface area contributed by atoms with Crippen molar-refractivity contribution >= 4 is 11.8 Å². The first-order valence-corrected chi connectivity index (χ1v) is 6.33. The summed E-state index contributed by atoms with van der Waals surface area (Å²) in [6, 6.07) is 6.18. The van der Waals surface area contributed by atoms with Gasteiger partial charge in [-0.05, 0) is 54.3 Å². The highest BCUT2D eigenvalue weighted by Crippen LogP contribution is 2.26. The van der Waals surface area contributed by atoms with Gasteiger partial charge in [0.1, 0.15) is 11.2 Å². The van der Waals surface area contributed by atoms with E-state index in [2.05, 4.69) is 31.4 Å². The number of aryl methyl sites for hydroxylation is 1. The number of benzene rings is 1. The maximum Gasteiger partial charge on any atom is 0.133 e. The highest BCUT2D eigenvalue weighted by atomic mass is 32.2. The third-order valence-electron chi connectivity index (χ3n) is 2.73. The lowest BCUT2D eigenvalue weighted by molar-refractivity contribution is 0.414. The van der Waals surface area contributed by atoms with E-state index in [1.807, 2.05) is 6.07 Å². The lowest BCUT2D eigenvalue weighted by Crippen LogP contribution is -1.98. The number of ether oxygens (including phenoxy) is 1. The second-order valence-electron chi connectivity index (χ2n) is 3.85. The van der Waals surface area contributed by atoms with Crippen LogP contribution in [0.4, 0.5) is 0 Å². The van der Waals surface area contributed by atoms with Crippen LogP contribution in [-0.4, -0.2) is 12.9 Å². The molecule has 0 aromatic heterocycles. The van der Waals surface area contributed by atoms with Crippen LogP contribution in [0.3, 0.4) is 0 Å². The van der Waals surface area contributed by atoms with Gasteiger partial charge in [-0.1, -0.05) is 13.0 Å². The maximum atomic E-state index is 8.47. The molecule has 0 saturated carbocycles. The fourth-order valence-corrected chi connectivity index (χ4v) is 2.33. The molecule has 0 heterocycles. The fourth-order valence-electron chi connectivity index (χ4n) is 1.76. The van der Waals surface area contributed by atoms with Gasteiger partial charge < -0.3 is 4.74 Å². The molecule has 0 saturated heterocycles. The van der Waals surface area contributed by atoms with Crippen molar-refractivity contribution in [1.82, 2.24) is 0 Å². The first-order chi connectivity index (χ1) is 7.69. The summed E-state index contributed by atoms with van der Waals surface area (Å²) in [4.78, 5) is 0. The molecule has 86 valence electrons. The Balaban J connectivity index is 2.68. The van der Waals surface area contributed by atoms with Gasteiger partial charge in [0.25, 0.3) is 0 Å². The van der Waals surface area contributed by atoms with Crippen molar-refractivity contribution in [2.75, 3.05) is 12.9 Å². The zero-order valence-electron chi connectivity index (χ0n) is 9.99. The standard InChI is InChI=1S/C13H17NOS/c1-10(6-7-16-9-14)13-5-4-12(15-3)8-11(13)2/h4-5,8,10H,6-7H2,1-3H3. The molecule has 0 aliphatic rings. The Labute approximate surface area is 102 Å². The van der Waals surface area contributed by atoms with E-state index in [4.69, 9.17) is 10.00 Å². The minimum Gasteiger partial charge on any atom is -0.497 e. The van der Waals surface area contributed by atoms with Crippen molar-refractivity contribution in [2.24, 2.45) is 0 Å². The van der Waals surface area contributed by atoms with Gasteiger partial charge >= 0.3 is 0 Å². The summed E-state index contributed by atoms with van der Waals surface area (Å²) in [5.74, 6) is 2.29. The van der Waals surface area contributed by atoms with Crippen LogP contribution in [0.1, 0.15) is 30.4 Å². The molecule has 1 aromatic carbocycles. The molecule has 3 heteroatoms. The minimum atomic E-state index is 0.492. The lowest BCUT2D eigenvalue weighted by atomic mass is 9.94. The van der Waals surface area contributed by atoms with Crippen molar-refractivity contribution in [3.05, 3.63) is 29.3 Å². The smallest absolute Gasteiger partial charge is 0.133 e. The predicted molar refractivity (Wildman–Crippen MR) is 68.8 cm³/mol. The zero-order chi connectivity index (χ0) is 12.0. The number of hydrogen-bond donors (Lipinski definition) is 0. The van der Waals surface area contributed by atoms with Gasteiger partial charge in [-0.15, -0.1) is 0 Å². The number of nitriles is 1. The molecule has 0 fully saturated rings. The molecule has 0 N–H and O–H groups in total. The van der Waals surface area contributed by atoms with E-state index in [0.29, 0.717) is 5.92 Å². The molecule has 0 bridgehead atoms. The number of thioether (sulfide) groups is 1. The van der Waals surface area contributed by atoms with E-state index in [1.165, 1.54) is 22.9 Å².